The first kappa shape index (κ1) is 19.2. The molecule has 6 heteroatoms. The molecule has 1 aliphatic carbocycles. The van der Waals surface area contributed by atoms with Crippen LogP contribution < -0.4 is 11.1 Å². The predicted molar refractivity (Wildman–Crippen MR) is 106 cm³/mol. The topological polar surface area (TPSA) is 75.4 Å². The Morgan fingerprint density at radius 3 is 2.73 bits per heavy atom. The minimum Gasteiger partial charge on any atom is -0.344 e. The SMILES string of the molecule is CSCCC(NC(=O)Cc1ccccc1)C(=O)N1CC2CCC(N)C2C1. The van der Waals surface area contributed by atoms with Crippen LogP contribution >= 0.6 is 11.8 Å². The Labute approximate surface area is 160 Å². The number of likely N-dealkylation sites (tertiary alicyclic amines) is 1. The number of amides is 2. The van der Waals surface area contributed by atoms with E-state index in [-0.39, 0.29) is 17.9 Å². The lowest BCUT2D eigenvalue weighted by Crippen LogP contribution is -2.49. The molecule has 1 saturated heterocycles. The zero-order chi connectivity index (χ0) is 18.5. The Balaban J connectivity index is 1.60. The van der Waals surface area contributed by atoms with E-state index < -0.39 is 6.04 Å². The van der Waals surface area contributed by atoms with Crippen molar-refractivity contribution in [2.45, 2.75) is 37.8 Å². The van der Waals surface area contributed by atoms with E-state index in [1.54, 1.807) is 11.8 Å². The van der Waals surface area contributed by atoms with Crippen LogP contribution in [-0.2, 0) is 16.0 Å². The van der Waals surface area contributed by atoms with Crippen molar-refractivity contribution in [2.75, 3.05) is 25.1 Å². The van der Waals surface area contributed by atoms with Gasteiger partial charge in [0.05, 0.1) is 6.42 Å². The van der Waals surface area contributed by atoms with Crippen LogP contribution in [0.2, 0.25) is 0 Å². The molecular weight excluding hydrogens is 346 g/mol. The number of rotatable bonds is 7. The Hall–Kier alpha value is -1.53. The molecule has 0 aromatic heterocycles. The van der Waals surface area contributed by atoms with Gasteiger partial charge in [-0.25, -0.2) is 0 Å². The molecular formula is C20H29N3O2S. The van der Waals surface area contributed by atoms with Gasteiger partial charge < -0.3 is 16.0 Å². The molecule has 1 aromatic carbocycles. The van der Waals surface area contributed by atoms with E-state index in [0.717, 1.165) is 37.2 Å². The normalized spacial score (nSPS) is 25.8. The van der Waals surface area contributed by atoms with E-state index in [1.807, 2.05) is 41.5 Å². The van der Waals surface area contributed by atoms with E-state index in [0.29, 0.717) is 24.7 Å². The number of nitrogens with zero attached hydrogens (tertiary/aromatic N) is 1. The van der Waals surface area contributed by atoms with E-state index in [9.17, 15) is 9.59 Å². The van der Waals surface area contributed by atoms with Crippen LogP contribution in [0, 0.1) is 11.8 Å². The van der Waals surface area contributed by atoms with Gasteiger partial charge in [-0.1, -0.05) is 30.3 Å². The zero-order valence-electron chi connectivity index (χ0n) is 15.4. The summed E-state index contributed by atoms with van der Waals surface area (Å²) in [5.74, 6) is 1.78. The number of thioether (sulfide) groups is 1. The molecule has 2 amide bonds. The number of nitrogens with one attached hydrogen (secondary N) is 1. The Bertz CT molecular complexity index is 625. The molecule has 0 radical (unpaired) electrons. The quantitative estimate of drug-likeness (QED) is 0.760. The number of hydrogen-bond donors (Lipinski definition) is 2. The van der Waals surface area contributed by atoms with Gasteiger partial charge in [0.2, 0.25) is 11.8 Å². The van der Waals surface area contributed by atoms with Crippen molar-refractivity contribution in [3.8, 4) is 0 Å². The average molecular weight is 376 g/mol. The first-order valence-corrected chi connectivity index (χ1v) is 10.8. The van der Waals surface area contributed by atoms with Gasteiger partial charge in [0.1, 0.15) is 6.04 Å². The summed E-state index contributed by atoms with van der Waals surface area (Å²) in [6, 6.07) is 9.42. The van der Waals surface area contributed by atoms with Gasteiger partial charge in [0.15, 0.2) is 0 Å². The van der Waals surface area contributed by atoms with E-state index in [4.69, 9.17) is 5.73 Å². The molecule has 3 rings (SSSR count). The van der Waals surface area contributed by atoms with Crippen molar-refractivity contribution in [1.82, 2.24) is 10.2 Å². The summed E-state index contributed by atoms with van der Waals surface area (Å²) in [6.07, 6.45) is 5.18. The number of benzene rings is 1. The molecule has 3 N–H and O–H groups in total. The van der Waals surface area contributed by atoms with Crippen LogP contribution in [0.15, 0.2) is 30.3 Å². The standard InChI is InChI=1S/C20H29N3O2S/c1-26-10-9-18(22-19(24)11-14-5-3-2-4-6-14)20(25)23-12-15-7-8-17(21)16(15)13-23/h2-6,15-18H,7-13,21H2,1H3,(H,22,24). The van der Waals surface area contributed by atoms with Crippen LogP contribution in [0.25, 0.3) is 0 Å². The molecule has 4 unspecified atom stereocenters. The smallest absolute Gasteiger partial charge is 0.245 e. The molecule has 0 bridgehead atoms. The Morgan fingerprint density at radius 2 is 2.04 bits per heavy atom. The molecule has 1 aliphatic heterocycles. The maximum absolute atomic E-state index is 13.0. The highest BCUT2D eigenvalue weighted by atomic mass is 32.2. The van der Waals surface area contributed by atoms with Gasteiger partial charge >= 0.3 is 0 Å². The van der Waals surface area contributed by atoms with Crippen molar-refractivity contribution in [3.05, 3.63) is 35.9 Å². The van der Waals surface area contributed by atoms with Crippen LogP contribution in [-0.4, -0.2) is 53.9 Å². The number of carbonyl (C=O) groups excluding carboxylic acids is 2. The van der Waals surface area contributed by atoms with Gasteiger partial charge in [0, 0.05) is 19.1 Å². The maximum Gasteiger partial charge on any atom is 0.245 e. The Kier molecular flexibility index (Phi) is 6.59. The predicted octanol–water partition coefficient (Wildman–Crippen LogP) is 1.66. The minimum atomic E-state index is -0.436. The number of carbonyl (C=O) groups is 2. The van der Waals surface area contributed by atoms with Crippen LogP contribution in [0.3, 0.4) is 0 Å². The number of nitrogens with two attached hydrogens (primary N) is 1. The zero-order valence-corrected chi connectivity index (χ0v) is 16.2. The number of hydrogen-bond acceptors (Lipinski definition) is 4. The first-order valence-electron chi connectivity index (χ1n) is 9.45. The second-order valence-electron chi connectivity index (χ2n) is 7.47. The third-order valence-corrected chi connectivity index (χ3v) is 6.32. The van der Waals surface area contributed by atoms with Gasteiger partial charge in [-0.05, 0) is 48.7 Å². The Morgan fingerprint density at radius 1 is 1.27 bits per heavy atom. The summed E-state index contributed by atoms with van der Waals surface area (Å²) >= 11 is 1.70. The first-order chi connectivity index (χ1) is 12.6. The molecule has 142 valence electrons. The van der Waals surface area contributed by atoms with E-state index in [2.05, 4.69) is 5.32 Å². The highest BCUT2D eigenvalue weighted by Gasteiger charge is 2.43. The van der Waals surface area contributed by atoms with Crippen molar-refractivity contribution >= 4 is 23.6 Å². The van der Waals surface area contributed by atoms with Crippen molar-refractivity contribution in [1.29, 1.82) is 0 Å². The highest BCUT2D eigenvalue weighted by molar-refractivity contribution is 7.98. The molecule has 1 heterocycles. The molecule has 1 aromatic rings. The van der Waals surface area contributed by atoms with Gasteiger partial charge in [-0.3, -0.25) is 9.59 Å². The fraction of sp³-hybridized carbons (Fsp3) is 0.600. The lowest BCUT2D eigenvalue weighted by atomic mass is 9.98. The molecule has 2 fully saturated rings. The molecule has 5 nitrogen and oxygen atoms in total. The number of fused-ring (bicyclic) bond motifs is 1. The highest BCUT2D eigenvalue weighted by Crippen LogP contribution is 2.37. The summed E-state index contributed by atoms with van der Waals surface area (Å²) in [5, 5.41) is 2.98. The molecule has 1 saturated carbocycles. The fourth-order valence-electron chi connectivity index (χ4n) is 4.23. The lowest BCUT2D eigenvalue weighted by molar-refractivity contribution is -0.135. The van der Waals surface area contributed by atoms with Crippen LogP contribution in [0.5, 0.6) is 0 Å². The summed E-state index contributed by atoms with van der Waals surface area (Å²) in [7, 11) is 0. The average Bonchev–Trinajstić information content (AvgIpc) is 3.21. The van der Waals surface area contributed by atoms with Gasteiger partial charge in [-0.15, -0.1) is 0 Å². The fourth-order valence-corrected chi connectivity index (χ4v) is 4.70. The van der Waals surface area contributed by atoms with Crippen LogP contribution in [0.1, 0.15) is 24.8 Å². The monoisotopic (exact) mass is 375 g/mol. The maximum atomic E-state index is 13.0. The summed E-state index contributed by atoms with van der Waals surface area (Å²) in [4.78, 5) is 27.4. The molecule has 4 atom stereocenters. The molecule has 0 spiro atoms. The van der Waals surface area contributed by atoms with Crippen molar-refractivity contribution in [3.63, 3.8) is 0 Å². The summed E-state index contributed by atoms with van der Waals surface area (Å²) < 4.78 is 0. The van der Waals surface area contributed by atoms with Crippen molar-refractivity contribution < 1.29 is 9.59 Å². The second-order valence-corrected chi connectivity index (χ2v) is 8.46. The third-order valence-electron chi connectivity index (χ3n) is 5.68. The lowest BCUT2D eigenvalue weighted by Gasteiger charge is -2.25. The van der Waals surface area contributed by atoms with Gasteiger partial charge in [-0.2, -0.15) is 11.8 Å². The second kappa shape index (κ2) is 8.91. The van der Waals surface area contributed by atoms with Gasteiger partial charge in [0.25, 0.3) is 0 Å². The van der Waals surface area contributed by atoms with Crippen molar-refractivity contribution in [2.24, 2.45) is 17.6 Å². The van der Waals surface area contributed by atoms with Crippen LogP contribution in [0.4, 0.5) is 0 Å². The third kappa shape index (κ3) is 4.60. The summed E-state index contributed by atoms with van der Waals surface area (Å²) in [6.45, 7) is 1.54. The largest absolute Gasteiger partial charge is 0.344 e. The summed E-state index contributed by atoms with van der Waals surface area (Å²) in [5.41, 5.74) is 7.16. The molecule has 26 heavy (non-hydrogen) atoms. The minimum absolute atomic E-state index is 0.0575. The van der Waals surface area contributed by atoms with E-state index >= 15 is 0 Å². The van der Waals surface area contributed by atoms with E-state index in [1.165, 1.54) is 0 Å². The molecule has 2 aliphatic rings.